The summed E-state index contributed by atoms with van der Waals surface area (Å²) in [6.07, 6.45) is 1.15. The summed E-state index contributed by atoms with van der Waals surface area (Å²) >= 11 is 3.34. The molecule has 0 saturated carbocycles. The van der Waals surface area contributed by atoms with Crippen molar-refractivity contribution in [1.29, 1.82) is 0 Å². The van der Waals surface area contributed by atoms with Gasteiger partial charge in [-0.25, -0.2) is 0 Å². The second kappa shape index (κ2) is 6.77. The summed E-state index contributed by atoms with van der Waals surface area (Å²) in [4.78, 5) is 11.9. The van der Waals surface area contributed by atoms with Gasteiger partial charge in [-0.3, -0.25) is 4.79 Å². The zero-order chi connectivity index (χ0) is 12.8. The van der Waals surface area contributed by atoms with Crippen molar-refractivity contribution < 1.29 is 9.90 Å². The van der Waals surface area contributed by atoms with Gasteiger partial charge < -0.3 is 10.4 Å². The van der Waals surface area contributed by atoms with Crippen LogP contribution in [0.1, 0.15) is 35.7 Å². The van der Waals surface area contributed by atoms with Gasteiger partial charge >= 0.3 is 0 Å². The smallest absolute Gasteiger partial charge is 0.251 e. The zero-order valence-corrected chi connectivity index (χ0v) is 11.8. The Morgan fingerprint density at radius 1 is 1.53 bits per heavy atom. The Morgan fingerprint density at radius 2 is 2.24 bits per heavy atom. The number of hydrogen-bond acceptors (Lipinski definition) is 2. The molecule has 1 atom stereocenters. The van der Waals surface area contributed by atoms with Crippen LogP contribution in [0.15, 0.2) is 22.7 Å². The van der Waals surface area contributed by atoms with Crippen LogP contribution in [0.25, 0.3) is 0 Å². The first-order valence-corrected chi connectivity index (χ1v) is 6.56. The fourth-order valence-electron chi connectivity index (χ4n) is 1.58. The minimum absolute atomic E-state index is 0.140. The number of halogens is 1. The molecular formula is C13H18BrNO2. The molecule has 0 saturated heterocycles. The van der Waals surface area contributed by atoms with Crippen LogP contribution in [0.2, 0.25) is 0 Å². The minimum atomic E-state index is -0.462. The molecule has 0 aliphatic heterocycles. The summed E-state index contributed by atoms with van der Waals surface area (Å²) in [5, 5.41) is 12.3. The van der Waals surface area contributed by atoms with E-state index in [4.69, 9.17) is 0 Å². The van der Waals surface area contributed by atoms with Gasteiger partial charge in [0.25, 0.3) is 5.91 Å². The fourth-order valence-corrected chi connectivity index (χ4v) is 1.94. The maximum atomic E-state index is 11.9. The predicted molar refractivity (Wildman–Crippen MR) is 72.1 cm³/mol. The molecular weight excluding hydrogens is 282 g/mol. The van der Waals surface area contributed by atoms with Gasteiger partial charge in [0.05, 0.1) is 6.10 Å². The second-order valence-corrected chi connectivity index (χ2v) is 5.03. The van der Waals surface area contributed by atoms with E-state index in [2.05, 4.69) is 21.2 Å². The molecule has 0 aromatic heterocycles. The lowest BCUT2D eigenvalue weighted by molar-refractivity contribution is 0.0909. The lowest BCUT2D eigenvalue weighted by Gasteiger charge is -2.12. The van der Waals surface area contributed by atoms with E-state index in [0.29, 0.717) is 18.5 Å². The molecule has 0 aliphatic carbocycles. The number of amides is 1. The first-order chi connectivity index (χ1) is 8.04. The summed E-state index contributed by atoms with van der Waals surface area (Å²) in [7, 11) is 0. The highest BCUT2D eigenvalue weighted by molar-refractivity contribution is 9.10. The molecule has 0 bridgehead atoms. The third-order valence-corrected chi connectivity index (χ3v) is 3.06. The molecule has 0 radical (unpaired) electrons. The van der Waals surface area contributed by atoms with Crippen LogP contribution in [0.5, 0.6) is 0 Å². The topological polar surface area (TPSA) is 49.3 Å². The highest BCUT2D eigenvalue weighted by atomic mass is 79.9. The number of aliphatic hydroxyl groups excluding tert-OH is 1. The molecule has 1 aromatic rings. The van der Waals surface area contributed by atoms with E-state index in [1.165, 1.54) is 0 Å². The molecule has 2 N–H and O–H groups in total. The van der Waals surface area contributed by atoms with E-state index in [1.54, 1.807) is 6.07 Å². The van der Waals surface area contributed by atoms with E-state index < -0.39 is 6.10 Å². The van der Waals surface area contributed by atoms with Crippen LogP contribution in [0, 0.1) is 6.92 Å². The van der Waals surface area contributed by atoms with Crippen LogP contribution >= 0.6 is 15.9 Å². The molecule has 0 spiro atoms. The van der Waals surface area contributed by atoms with Crippen molar-refractivity contribution in [1.82, 2.24) is 5.32 Å². The van der Waals surface area contributed by atoms with Crippen molar-refractivity contribution in [2.75, 3.05) is 6.54 Å². The lowest BCUT2D eigenvalue weighted by Crippen LogP contribution is -2.32. The second-order valence-electron chi connectivity index (χ2n) is 4.11. The third kappa shape index (κ3) is 4.48. The van der Waals surface area contributed by atoms with Crippen molar-refractivity contribution in [2.24, 2.45) is 0 Å². The largest absolute Gasteiger partial charge is 0.391 e. The molecule has 1 amide bonds. The molecule has 1 aromatic carbocycles. The predicted octanol–water partition coefficient (Wildman–Crippen LogP) is 2.65. The Kier molecular flexibility index (Phi) is 5.65. The number of carbonyl (C=O) groups excluding carboxylic acids is 1. The molecule has 1 unspecified atom stereocenters. The van der Waals surface area contributed by atoms with Crippen molar-refractivity contribution in [3.8, 4) is 0 Å². The molecule has 94 valence electrons. The Labute approximate surface area is 110 Å². The highest BCUT2D eigenvalue weighted by Crippen LogP contribution is 2.15. The van der Waals surface area contributed by atoms with E-state index in [1.807, 2.05) is 26.0 Å². The van der Waals surface area contributed by atoms with Gasteiger partial charge in [0.2, 0.25) is 0 Å². The van der Waals surface area contributed by atoms with Gasteiger partial charge in [0.1, 0.15) is 0 Å². The Balaban J connectivity index is 2.61. The van der Waals surface area contributed by atoms with Crippen molar-refractivity contribution in [3.05, 3.63) is 33.8 Å². The summed E-state index contributed by atoms with van der Waals surface area (Å²) in [5.74, 6) is -0.140. The zero-order valence-electron chi connectivity index (χ0n) is 10.2. The van der Waals surface area contributed by atoms with Crippen LogP contribution in [-0.2, 0) is 0 Å². The summed E-state index contributed by atoms with van der Waals surface area (Å²) < 4.78 is 0.877. The number of hydrogen-bond donors (Lipinski definition) is 2. The molecule has 17 heavy (non-hydrogen) atoms. The SMILES string of the molecule is CCCC(O)CNC(=O)c1cc(Br)ccc1C. The van der Waals surface area contributed by atoms with Crippen molar-refractivity contribution in [3.63, 3.8) is 0 Å². The van der Waals surface area contributed by atoms with Gasteiger partial charge in [0, 0.05) is 16.6 Å². The quantitative estimate of drug-likeness (QED) is 0.878. The number of benzene rings is 1. The fraction of sp³-hybridized carbons (Fsp3) is 0.462. The van der Waals surface area contributed by atoms with Crippen LogP contribution in [-0.4, -0.2) is 23.7 Å². The highest BCUT2D eigenvalue weighted by Gasteiger charge is 2.11. The normalized spacial score (nSPS) is 12.2. The Morgan fingerprint density at radius 3 is 2.88 bits per heavy atom. The minimum Gasteiger partial charge on any atom is -0.391 e. The molecule has 4 heteroatoms. The first kappa shape index (κ1) is 14.2. The van der Waals surface area contributed by atoms with Crippen molar-refractivity contribution >= 4 is 21.8 Å². The van der Waals surface area contributed by atoms with E-state index in [9.17, 15) is 9.90 Å². The van der Waals surface area contributed by atoms with E-state index in [0.717, 1.165) is 16.5 Å². The molecule has 0 aliphatic rings. The van der Waals surface area contributed by atoms with Gasteiger partial charge in [-0.1, -0.05) is 35.3 Å². The average Bonchev–Trinajstić information content (AvgIpc) is 2.29. The third-order valence-electron chi connectivity index (χ3n) is 2.56. The molecule has 0 fully saturated rings. The van der Waals surface area contributed by atoms with Gasteiger partial charge in [-0.15, -0.1) is 0 Å². The Hall–Kier alpha value is -0.870. The van der Waals surface area contributed by atoms with Crippen molar-refractivity contribution in [2.45, 2.75) is 32.8 Å². The summed E-state index contributed by atoms with van der Waals surface area (Å²) in [6, 6.07) is 5.58. The van der Waals surface area contributed by atoms with Gasteiger partial charge in [-0.05, 0) is 31.0 Å². The number of carbonyl (C=O) groups is 1. The van der Waals surface area contributed by atoms with Gasteiger partial charge in [-0.2, -0.15) is 0 Å². The van der Waals surface area contributed by atoms with Crippen LogP contribution in [0.4, 0.5) is 0 Å². The lowest BCUT2D eigenvalue weighted by atomic mass is 10.1. The Bertz CT molecular complexity index is 393. The first-order valence-electron chi connectivity index (χ1n) is 5.77. The van der Waals surface area contributed by atoms with Gasteiger partial charge in [0.15, 0.2) is 0 Å². The molecule has 0 heterocycles. The number of aryl methyl sites for hydroxylation is 1. The van der Waals surface area contributed by atoms with E-state index >= 15 is 0 Å². The summed E-state index contributed by atoms with van der Waals surface area (Å²) in [5.41, 5.74) is 1.57. The maximum Gasteiger partial charge on any atom is 0.251 e. The summed E-state index contributed by atoms with van der Waals surface area (Å²) in [6.45, 7) is 4.20. The monoisotopic (exact) mass is 299 g/mol. The van der Waals surface area contributed by atoms with Crippen LogP contribution < -0.4 is 5.32 Å². The number of aliphatic hydroxyl groups is 1. The maximum absolute atomic E-state index is 11.9. The van der Waals surface area contributed by atoms with Crippen LogP contribution in [0.3, 0.4) is 0 Å². The molecule has 3 nitrogen and oxygen atoms in total. The molecule has 1 rings (SSSR count). The standard InChI is InChI=1S/C13H18BrNO2/c1-3-4-11(16)8-15-13(17)12-7-10(14)6-5-9(12)2/h5-7,11,16H,3-4,8H2,1-2H3,(H,15,17). The average molecular weight is 300 g/mol. The number of nitrogens with one attached hydrogen (secondary N) is 1. The van der Waals surface area contributed by atoms with E-state index in [-0.39, 0.29) is 5.91 Å². The number of rotatable bonds is 5.